The van der Waals surface area contributed by atoms with E-state index in [9.17, 15) is 9.59 Å². The highest BCUT2D eigenvalue weighted by molar-refractivity contribution is 5.80. The highest BCUT2D eigenvalue weighted by Gasteiger charge is 2.35. The molecule has 2 amide bonds. The van der Waals surface area contributed by atoms with Gasteiger partial charge < -0.3 is 9.80 Å². The van der Waals surface area contributed by atoms with Crippen LogP contribution in [0.25, 0.3) is 0 Å². The van der Waals surface area contributed by atoms with Gasteiger partial charge >= 0.3 is 0 Å². The lowest BCUT2D eigenvalue weighted by atomic mass is 9.83. The van der Waals surface area contributed by atoms with Crippen LogP contribution in [-0.2, 0) is 16.1 Å². The molecular formula is C26H33N3O2. The van der Waals surface area contributed by atoms with Gasteiger partial charge in [0.1, 0.15) is 0 Å². The molecule has 2 atom stereocenters. The molecule has 2 aliphatic rings. The van der Waals surface area contributed by atoms with Crippen molar-refractivity contribution < 1.29 is 9.59 Å². The van der Waals surface area contributed by atoms with Crippen LogP contribution in [0, 0.1) is 12.8 Å². The second-order valence-corrected chi connectivity index (χ2v) is 9.05. The molecule has 2 aromatic rings. The third-order valence-corrected chi connectivity index (χ3v) is 6.67. The number of carbonyl (C=O) groups is 2. The van der Waals surface area contributed by atoms with E-state index in [0.717, 1.165) is 26.1 Å². The number of hydrogen-bond acceptors (Lipinski definition) is 3. The summed E-state index contributed by atoms with van der Waals surface area (Å²) in [5.74, 6) is 0.689. The summed E-state index contributed by atoms with van der Waals surface area (Å²) in [6, 6.07) is 19.2. The molecule has 0 saturated carbocycles. The van der Waals surface area contributed by atoms with Crippen molar-refractivity contribution in [2.75, 3.05) is 39.3 Å². The second-order valence-electron chi connectivity index (χ2n) is 9.05. The Bertz CT molecular complexity index is 906. The molecule has 0 N–H and O–H groups in total. The quantitative estimate of drug-likeness (QED) is 0.764. The van der Waals surface area contributed by atoms with E-state index in [4.69, 9.17) is 0 Å². The Morgan fingerprint density at radius 2 is 1.61 bits per heavy atom. The summed E-state index contributed by atoms with van der Waals surface area (Å²) in [7, 11) is 0. The van der Waals surface area contributed by atoms with Gasteiger partial charge in [-0.15, -0.1) is 0 Å². The lowest BCUT2D eigenvalue weighted by Crippen LogP contribution is -2.53. The summed E-state index contributed by atoms with van der Waals surface area (Å²) in [6.45, 7) is 8.93. The maximum absolute atomic E-state index is 13.5. The molecule has 2 saturated heterocycles. The van der Waals surface area contributed by atoms with Gasteiger partial charge in [0.2, 0.25) is 11.8 Å². The van der Waals surface area contributed by atoms with Crippen LogP contribution in [0.3, 0.4) is 0 Å². The summed E-state index contributed by atoms with van der Waals surface area (Å²) in [5, 5.41) is 0. The number of carbonyl (C=O) groups excluding carboxylic acids is 2. The number of piperazine rings is 1. The topological polar surface area (TPSA) is 43.9 Å². The maximum atomic E-state index is 13.5. The van der Waals surface area contributed by atoms with Crippen molar-refractivity contribution >= 4 is 11.8 Å². The Hall–Kier alpha value is -2.66. The van der Waals surface area contributed by atoms with Gasteiger partial charge in [0.05, 0.1) is 5.92 Å². The highest BCUT2D eigenvalue weighted by atomic mass is 16.2. The molecule has 5 heteroatoms. The number of benzene rings is 2. The lowest BCUT2D eigenvalue weighted by Gasteiger charge is -2.41. The van der Waals surface area contributed by atoms with E-state index in [1.54, 1.807) is 6.92 Å². The molecule has 2 aromatic carbocycles. The molecule has 164 valence electrons. The summed E-state index contributed by atoms with van der Waals surface area (Å²) in [6.07, 6.45) is 0.889. The van der Waals surface area contributed by atoms with Crippen molar-refractivity contribution in [1.82, 2.24) is 14.7 Å². The number of hydrogen-bond donors (Lipinski definition) is 0. The van der Waals surface area contributed by atoms with Crippen LogP contribution in [-0.4, -0.2) is 65.8 Å². The number of likely N-dealkylation sites (tertiary alicyclic amines) is 1. The van der Waals surface area contributed by atoms with E-state index < -0.39 is 0 Å². The Kier molecular flexibility index (Phi) is 6.71. The molecule has 0 bridgehead atoms. The van der Waals surface area contributed by atoms with Gasteiger partial charge in [-0.05, 0) is 30.4 Å². The van der Waals surface area contributed by atoms with E-state index >= 15 is 0 Å². The van der Waals surface area contributed by atoms with Crippen molar-refractivity contribution in [2.24, 2.45) is 5.92 Å². The molecule has 5 nitrogen and oxygen atoms in total. The standard InChI is InChI=1S/C26H33N3O2/c1-20-7-6-10-23(15-20)24-16-25(19-27(18-24)17-22-8-4-3-5-9-22)26(31)29-13-11-28(12-14-29)21(2)30/h3-10,15,24-25H,11-14,16-19H2,1-2H3. The number of aryl methyl sites for hydroxylation is 1. The van der Waals surface area contributed by atoms with Gasteiger partial charge in [0, 0.05) is 52.7 Å². The fourth-order valence-electron chi connectivity index (χ4n) is 5.01. The van der Waals surface area contributed by atoms with E-state index in [1.165, 1.54) is 16.7 Å². The first-order valence-corrected chi connectivity index (χ1v) is 11.4. The van der Waals surface area contributed by atoms with Crippen LogP contribution in [0.2, 0.25) is 0 Å². The zero-order valence-electron chi connectivity index (χ0n) is 18.7. The first kappa shape index (κ1) is 21.6. The Labute approximate surface area is 185 Å². The monoisotopic (exact) mass is 419 g/mol. The zero-order chi connectivity index (χ0) is 21.8. The predicted octanol–water partition coefficient (Wildman–Crippen LogP) is 3.29. The largest absolute Gasteiger partial charge is 0.339 e. The van der Waals surface area contributed by atoms with E-state index in [1.807, 2.05) is 15.9 Å². The Morgan fingerprint density at radius 3 is 2.29 bits per heavy atom. The third-order valence-electron chi connectivity index (χ3n) is 6.67. The van der Waals surface area contributed by atoms with Crippen molar-refractivity contribution in [3.05, 3.63) is 71.3 Å². The normalized spacial score (nSPS) is 22.4. The number of amides is 2. The van der Waals surface area contributed by atoms with Crippen LogP contribution in [0.5, 0.6) is 0 Å². The molecule has 0 aliphatic carbocycles. The van der Waals surface area contributed by atoms with Crippen LogP contribution < -0.4 is 0 Å². The fraction of sp³-hybridized carbons (Fsp3) is 0.462. The minimum absolute atomic E-state index is 0.00754. The van der Waals surface area contributed by atoms with Crippen LogP contribution in [0.4, 0.5) is 0 Å². The zero-order valence-corrected chi connectivity index (χ0v) is 18.7. The van der Waals surface area contributed by atoms with Gasteiger partial charge in [-0.1, -0.05) is 60.2 Å². The highest BCUT2D eigenvalue weighted by Crippen LogP contribution is 2.32. The minimum Gasteiger partial charge on any atom is -0.339 e. The van der Waals surface area contributed by atoms with Crippen molar-refractivity contribution in [3.63, 3.8) is 0 Å². The Morgan fingerprint density at radius 1 is 0.903 bits per heavy atom. The number of rotatable bonds is 4. The van der Waals surface area contributed by atoms with Crippen molar-refractivity contribution in [2.45, 2.75) is 32.7 Å². The summed E-state index contributed by atoms with van der Waals surface area (Å²) >= 11 is 0. The number of nitrogens with zero attached hydrogens (tertiary/aromatic N) is 3. The van der Waals surface area contributed by atoms with E-state index in [-0.39, 0.29) is 17.7 Å². The van der Waals surface area contributed by atoms with Gasteiger partial charge in [-0.3, -0.25) is 14.5 Å². The molecular weight excluding hydrogens is 386 g/mol. The molecule has 31 heavy (non-hydrogen) atoms. The summed E-state index contributed by atoms with van der Waals surface area (Å²) < 4.78 is 0. The lowest BCUT2D eigenvalue weighted by molar-refractivity contribution is -0.143. The van der Waals surface area contributed by atoms with Crippen LogP contribution in [0.15, 0.2) is 54.6 Å². The SMILES string of the molecule is CC(=O)N1CCN(C(=O)C2CC(c3cccc(C)c3)CN(Cc3ccccc3)C2)CC1. The van der Waals surface area contributed by atoms with Crippen molar-refractivity contribution in [3.8, 4) is 0 Å². The fourth-order valence-corrected chi connectivity index (χ4v) is 5.01. The predicted molar refractivity (Wildman–Crippen MR) is 123 cm³/mol. The maximum Gasteiger partial charge on any atom is 0.227 e. The molecule has 2 unspecified atom stereocenters. The summed E-state index contributed by atoms with van der Waals surface area (Å²) in [5.41, 5.74) is 3.88. The summed E-state index contributed by atoms with van der Waals surface area (Å²) in [4.78, 5) is 31.4. The van der Waals surface area contributed by atoms with Gasteiger partial charge in [-0.2, -0.15) is 0 Å². The molecule has 0 radical (unpaired) electrons. The first-order valence-electron chi connectivity index (χ1n) is 11.4. The molecule has 2 fully saturated rings. The molecule has 4 rings (SSSR count). The van der Waals surface area contributed by atoms with Gasteiger partial charge in [0.15, 0.2) is 0 Å². The molecule has 2 aliphatic heterocycles. The molecule has 0 spiro atoms. The second kappa shape index (κ2) is 9.65. The van der Waals surface area contributed by atoms with E-state index in [2.05, 4.69) is 60.4 Å². The average Bonchev–Trinajstić information content (AvgIpc) is 2.79. The van der Waals surface area contributed by atoms with Gasteiger partial charge in [-0.25, -0.2) is 0 Å². The minimum atomic E-state index is -0.00754. The smallest absolute Gasteiger partial charge is 0.227 e. The number of piperidine rings is 1. The van der Waals surface area contributed by atoms with Crippen LogP contribution in [0.1, 0.15) is 36.0 Å². The van der Waals surface area contributed by atoms with Gasteiger partial charge in [0.25, 0.3) is 0 Å². The molecule has 0 aromatic heterocycles. The first-order chi connectivity index (χ1) is 15.0. The average molecular weight is 420 g/mol. The third kappa shape index (κ3) is 5.34. The van der Waals surface area contributed by atoms with Crippen molar-refractivity contribution in [1.29, 1.82) is 0 Å². The van der Waals surface area contributed by atoms with E-state index in [0.29, 0.717) is 32.1 Å². The van der Waals surface area contributed by atoms with Crippen LogP contribution >= 0.6 is 0 Å². The Balaban J connectivity index is 1.50. The molecule has 2 heterocycles.